The van der Waals surface area contributed by atoms with Crippen LogP contribution in [0.25, 0.3) is 0 Å². The van der Waals surface area contributed by atoms with Crippen molar-refractivity contribution in [2.24, 2.45) is 0 Å². The summed E-state index contributed by atoms with van der Waals surface area (Å²) in [7, 11) is 3.84. The summed E-state index contributed by atoms with van der Waals surface area (Å²) >= 11 is 3.46. The molecule has 1 atom stereocenters. The summed E-state index contributed by atoms with van der Waals surface area (Å²) in [6.07, 6.45) is 3.73. The average Bonchev–Trinajstić information content (AvgIpc) is 2.83. The number of carbonyl (C=O) groups is 1. The van der Waals surface area contributed by atoms with Crippen LogP contribution in [0, 0.1) is 0 Å². The van der Waals surface area contributed by atoms with Crippen LogP contribution in [0.1, 0.15) is 22.3 Å². The van der Waals surface area contributed by atoms with Crippen LogP contribution in [-0.4, -0.2) is 55.6 Å². The molecule has 6 heteroatoms. The maximum atomic E-state index is 13.3. The molecular weight excluding hydrogens is 392 g/mol. The molecule has 2 aliphatic rings. The van der Waals surface area contributed by atoms with E-state index in [-0.39, 0.29) is 5.91 Å². The van der Waals surface area contributed by atoms with Crippen LogP contribution in [0.3, 0.4) is 0 Å². The summed E-state index contributed by atoms with van der Waals surface area (Å²) in [5.74, 6) is 0.786. The molecule has 0 unspecified atom stereocenters. The number of rotatable bonds is 2. The maximum absolute atomic E-state index is 13.3. The van der Waals surface area contributed by atoms with Crippen molar-refractivity contribution in [3.05, 3.63) is 52.1 Å². The van der Waals surface area contributed by atoms with Gasteiger partial charge in [-0.2, -0.15) is 0 Å². The third-order valence-corrected chi connectivity index (χ3v) is 5.66. The van der Waals surface area contributed by atoms with Gasteiger partial charge < -0.3 is 14.7 Å². The summed E-state index contributed by atoms with van der Waals surface area (Å²) in [6.45, 7) is 2.54. The van der Waals surface area contributed by atoms with Gasteiger partial charge >= 0.3 is 0 Å². The zero-order valence-corrected chi connectivity index (χ0v) is 16.7. The Kier molecular flexibility index (Phi) is 4.61. The number of amides is 1. The highest BCUT2D eigenvalue weighted by Gasteiger charge is 2.34. The Bertz CT molecular complexity index is 838. The molecular formula is C20H23BrN4O. The Morgan fingerprint density at radius 3 is 2.88 bits per heavy atom. The maximum Gasteiger partial charge on any atom is 0.257 e. The van der Waals surface area contributed by atoms with Gasteiger partial charge in [0.05, 0.1) is 11.6 Å². The van der Waals surface area contributed by atoms with Gasteiger partial charge in [0.25, 0.3) is 5.91 Å². The Balaban J connectivity index is 1.60. The molecule has 1 fully saturated rings. The third kappa shape index (κ3) is 3.07. The molecule has 2 aliphatic heterocycles. The van der Waals surface area contributed by atoms with E-state index in [1.165, 1.54) is 11.3 Å². The second-order valence-corrected chi connectivity index (χ2v) is 8.12. The lowest BCUT2D eigenvalue weighted by Gasteiger charge is -2.28. The summed E-state index contributed by atoms with van der Waals surface area (Å²) < 4.78 is 0.830. The fraction of sp³-hybridized carbons (Fsp3) is 0.400. The Hall–Kier alpha value is -2.08. The first kappa shape index (κ1) is 17.3. The van der Waals surface area contributed by atoms with Gasteiger partial charge in [-0.15, -0.1) is 0 Å². The normalized spacial score (nSPS) is 19.0. The SMILES string of the molecule is CN(C)c1ncc(Br)cc1C(=O)N1CCCN2c3ccccc3C[C@H]2C1. The van der Waals surface area contributed by atoms with E-state index in [0.29, 0.717) is 17.4 Å². The van der Waals surface area contributed by atoms with E-state index >= 15 is 0 Å². The van der Waals surface area contributed by atoms with E-state index in [1.807, 2.05) is 30.0 Å². The van der Waals surface area contributed by atoms with E-state index in [4.69, 9.17) is 0 Å². The molecule has 26 heavy (non-hydrogen) atoms. The van der Waals surface area contributed by atoms with Crippen LogP contribution in [0.2, 0.25) is 0 Å². The first-order valence-electron chi connectivity index (χ1n) is 9.01. The third-order valence-electron chi connectivity index (χ3n) is 5.23. The minimum absolute atomic E-state index is 0.0697. The molecule has 4 rings (SSSR count). The van der Waals surface area contributed by atoms with Crippen LogP contribution in [-0.2, 0) is 6.42 Å². The molecule has 0 radical (unpaired) electrons. The lowest BCUT2D eigenvalue weighted by Crippen LogP contribution is -2.41. The number of benzene rings is 1. The molecule has 0 saturated carbocycles. The minimum atomic E-state index is 0.0697. The smallest absolute Gasteiger partial charge is 0.257 e. The van der Waals surface area contributed by atoms with E-state index in [9.17, 15) is 4.79 Å². The van der Waals surface area contributed by atoms with E-state index in [2.05, 4.69) is 50.1 Å². The lowest BCUT2D eigenvalue weighted by atomic mass is 10.1. The number of nitrogens with zero attached hydrogens (tertiary/aromatic N) is 4. The highest BCUT2D eigenvalue weighted by atomic mass is 79.9. The quantitative estimate of drug-likeness (QED) is 0.756. The van der Waals surface area contributed by atoms with Crippen molar-refractivity contribution in [2.45, 2.75) is 18.9 Å². The summed E-state index contributed by atoms with van der Waals surface area (Å²) in [5, 5.41) is 0. The minimum Gasteiger partial charge on any atom is -0.366 e. The topological polar surface area (TPSA) is 39.7 Å². The van der Waals surface area contributed by atoms with Gasteiger partial charge in [0.2, 0.25) is 0 Å². The standard InChI is InChI=1S/C20H23BrN4O/c1-23(2)19-17(11-15(21)12-22-19)20(26)24-8-5-9-25-16(13-24)10-14-6-3-4-7-18(14)25/h3-4,6-7,11-12,16H,5,8-10,13H2,1-2H3/t16-/m0/s1. The van der Waals surface area contributed by atoms with Gasteiger partial charge in [-0.1, -0.05) is 18.2 Å². The molecule has 0 spiro atoms. The van der Waals surface area contributed by atoms with Crippen LogP contribution >= 0.6 is 15.9 Å². The number of aromatic nitrogens is 1. The van der Waals surface area contributed by atoms with Crippen LogP contribution < -0.4 is 9.80 Å². The second-order valence-electron chi connectivity index (χ2n) is 7.20. The van der Waals surface area contributed by atoms with Gasteiger partial charge in [-0.3, -0.25) is 4.79 Å². The first-order valence-corrected chi connectivity index (χ1v) is 9.80. The zero-order chi connectivity index (χ0) is 18.3. The fourth-order valence-corrected chi connectivity index (χ4v) is 4.40. The number of halogens is 1. The molecule has 0 bridgehead atoms. The molecule has 0 N–H and O–H groups in total. The van der Waals surface area contributed by atoms with Crippen LogP contribution in [0.15, 0.2) is 41.0 Å². The van der Waals surface area contributed by atoms with Gasteiger partial charge in [0.1, 0.15) is 5.82 Å². The molecule has 5 nitrogen and oxygen atoms in total. The zero-order valence-electron chi connectivity index (χ0n) is 15.2. The fourth-order valence-electron chi connectivity index (χ4n) is 4.07. The molecule has 2 aromatic rings. The number of pyridine rings is 1. The number of anilines is 2. The highest BCUT2D eigenvalue weighted by molar-refractivity contribution is 9.10. The second kappa shape index (κ2) is 6.91. The first-order chi connectivity index (χ1) is 12.5. The monoisotopic (exact) mass is 414 g/mol. The summed E-state index contributed by atoms with van der Waals surface area (Å²) in [4.78, 5) is 24.1. The van der Waals surface area contributed by atoms with Gasteiger partial charge in [-0.25, -0.2) is 4.98 Å². The Labute approximate surface area is 162 Å². The number of para-hydroxylation sites is 1. The van der Waals surface area contributed by atoms with Gasteiger partial charge in [0.15, 0.2) is 0 Å². The van der Waals surface area contributed by atoms with Crippen molar-refractivity contribution < 1.29 is 4.79 Å². The van der Waals surface area contributed by atoms with Crippen molar-refractivity contribution in [1.29, 1.82) is 0 Å². The van der Waals surface area contributed by atoms with Crippen molar-refractivity contribution in [2.75, 3.05) is 43.5 Å². The average molecular weight is 415 g/mol. The van der Waals surface area contributed by atoms with Gasteiger partial charge in [-0.05, 0) is 46.5 Å². The Morgan fingerprint density at radius 1 is 1.27 bits per heavy atom. The van der Waals surface area contributed by atoms with E-state index < -0.39 is 0 Å². The molecule has 1 saturated heterocycles. The van der Waals surface area contributed by atoms with Crippen molar-refractivity contribution in [1.82, 2.24) is 9.88 Å². The van der Waals surface area contributed by atoms with Crippen molar-refractivity contribution in [3.8, 4) is 0 Å². The molecule has 1 amide bonds. The molecule has 136 valence electrons. The highest BCUT2D eigenvalue weighted by Crippen LogP contribution is 2.34. The number of carbonyl (C=O) groups excluding carboxylic acids is 1. The van der Waals surface area contributed by atoms with E-state index in [0.717, 1.165) is 36.9 Å². The largest absolute Gasteiger partial charge is 0.366 e. The van der Waals surface area contributed by atoms with Crippen LogP contribution in [0.5, 0.6) is 0 Å². The van der Waals surface area contributed by atoms with Gasteiger partial charge in [0, 0.05) is 50.1 Å². The van der Waals surface area contributed by atoms with Crippen LogP contribution in [0.4, 0.5) is 11.5 Å². The van der Waals surface area contributed by atoms with Crippen molar-refractivity contribution in [3.63, 3.8) is 0 Å². The predicted molar refractivity (Wildman–Crippen MR) is 108 cm³/mol. The Morgan fingerprint density at radius 2 is 2.08 bits per heavy atom. The van der Waals surface area contributed by atoms with E-state index in [1.54, 1.807) is 6.20 Å². The lowest BCUT2D eigenvalue weighted by molar-refractivity contribution is 0.0756. The number of fused-ring (bicyclic) bond motifs is 3. The molecule has 1 aromatic carbocycles. The predicted octanol–water partition coefficient (Wildman–Crippen LogP) is 3.19. The number of hydrogen-bond acceptors (Lipinski definition) is 4. The number of hydrogen-bond donors (Lipinski definition) is 0. The molecule has 0 aliphatic carbocycles. The summed E-state index contributed by atoms with van der Waals surface area (Å²) in [6, 6.07) is 10.9. The summed E-state index contributed by atoms with van der Waals surface area (Å²) in [5.41, 5.74) is 3.39. The van der Waals surface area contributed by atoms with Crippen molar-refractivity contribution >= 4 is 33.3 Å². The molecule has 3 heterocycles. The molecule has 1 aromatic heterocycles.